The predicted octanol–water partition coefficient (Wildman–Crippen LogP) is 3.04. The number of alkyl halides is 6. The molecule has 45 heavy (non-hydrogen) atoms. The molecule has 2 aromatic rings. The second-order valence-electron chi connectivity index (χ2n) is 8.36. The summed E-state index contributed by atoms with van der Waals surface area (Å²) in [6.45, 7) is 2.12. The molecule has 2 aromatic carbocycles. The summed E-state index contributed by atoms with van der Waals surface area (Å²) in [7, 11) is 0. The number of amides is 1. The fourth-order valence-corrected chi connectivity index (χ4v) is 2.74. The third-order valence-corrected chi connectivity index (χ3v) is 4.88. The van der Waals surface area contributed by atoms with Gasteiger partial charge in [0.2, 0.25) is 0 Å². The highest BCUT2D eigenvalue weighted by Gasteiger charge is 2.38. The van der Waals surface area contributed by atoms with Gasteiger partial charge in [0, 0.05) is 23.1 Å². The summed E-state index contributed by atoms with van der Waals surface area (Å²) in [4.78, 5) is 42.2. The first-order chi connectivity index (χ1) is 20.7. The number of carbonyl (C=O) groups excluding carboxylic acids is 2. The van der Waals surface area contributed by atoms with Crippen LogP contribution in [0.5, 0.6) is 5.75 Å². The lowest BCUT2D eigenvalue weighted by Crippen LogP contribution is -2.39. The van der Waals surface area contributed by atoms with E-state index in [2.05, 4.69) is 5.32 Å². The largest absolute Gasteiger partial charge is 0.491 e. The molecule has 0 unspecified atom stereocenters. The first-order valence-corrected chi connectivity index (χ1v) is 12.3. The molecule has 0 radical (unpaired) electrons. The number of carbonyl (C=O) groups is 4. The van der Waals surface area contributed by atoms with Gasteiger partial charge < -0.3 is 36.5 Å². The zero-order valence-electron chi connectivity index (χ0n) is 23.3. The Hall–Kier alpha value is -5.36. The third-order valence-electron chi connectivity index (χ3n) is 4.88. The van der Waals surface area contributed by atoms with Gasteiger partial charge in [-0.3, -0.25) is 20.4 Å². The van der Waals surface area contributed by atoms with E-state index < -0.39 is 30.3 Å². The molecule has 0 fully saturated rings. The van der Waals surface area contributed by atoms with Crippen LogP contribution in [0.2, 0.25) is 0 Å². The number of ether oxygens (including phenoxy) is 2. The van der Waals surface area contributed by atoms with Crippen molar-refractivity contribution in [3.8, 4) is 5.75 Å². The average Bonchev–Trinajstić information content (AvgIpc) is 2.94. The molecular formula is C26H29F6N5O8. The molecule has 0 heterocycles. The molecule has 0 aromatic heterocycles. The lowest BCUT2D eigenvalue weighted by Gasteiger charge is -2.19. The number of carboxylic acid groups (broad SMARTS) is 2. The summed E-state index contributed by atoms with van der Waals surface area (Å²) < 4.78 is 74.2. The van der Waals surface area contributed by atoms with Gasteiger partial charge in [0.15, 0.2) is 0 Å². The van der Waals surface area contributed by atoms with E-state index in [9.17, 15) is 35.9 Å². The molecule has 0 aliphatic rings. The molecule has 248 valence electrons. The van der Waals surface area contributed by atoms with Crippen molar-refractivity contribution in [1.82, 2.24) is 5.32 Å². The number of esters is 1. The maximum Gasteiger partial charge on any atom is 0.490 e. The van der Waals surface area contributed by atoms with Gasteiger partial charge in [-0.2, -0.15) is 26.3 Å². The first-order valence-electron chi connectivity index (χ1n) is 12.3. The van der Waals surface area contributed by atoms with Gasteiger partial charge in [0.25, 0.3) is 5.91 Å². The van der Waals surface area contributed by atoms with Gasteiger partial charge in [-0.1, -0.05) is 24.3 Å². The summed E-state index contributed by atoms with van der Waals surface area (Å²) in [5.41, 5.74) is 12.4. The molecule has 19 heteroatoms. The minimum atomic E-state index is -5.08. The Morgan fingerprint density at radius 2 is 1.31 bits per heavy atom. The monoisotopic (exact) mass is 653 g/mol. The van der Waals surface area contributed by atoms with Crippen LogP contribution in [0.4, 0.5) is 26.3 Å². The number of benzene rings is 2. The zero-order valence-corrected chi connectivity index (χ0v) is 23.3. The van der Waals surface area contributed by atoms with Crippen LogP contribution in [0.15, 0.2) is 48.5 Å². The molecule has 9 N–H and O–H groups in total. The van der Waals surface area contributed by atoms with E-state index >= 15 is 0 Å². The molecule has 2 rings (SSSR count). The van der Waals surface area contributed by atoms with Crippen molar-refractivity contribution < 1.29 is 65.2 Å². The standard InChI is InChI=1S/C22H27N5O4.2C2HF3O2/c1-2-30-19(28)11-10-17(13-31-18-5-3-4-16(12-18)21(25)26)27-22(29)15-8-6-14(7-9-15)20(23)24;2*3-2(4,5)1(6)7/h3-9,12,17H,2,10-11,13H2,1H3,(H3,23,24)(H3,25,26)(H,27,29);2*(H,6,7)/t17-;;/m0../s1. The molecule has 0 aliphatic heterocycles. The van der Waals surface area contributed by atoms with E-state index in [0.717, 1.165) is 0 Å². The van der Waals surface area contributed by atoms with Crippen LogP contribution in [0, 0.1) is 10.8 Å². The van der Waals surface area contributed by atoms with Crippen LogP contribution < -0.4 is 21.5 Å². The SMILES string of the molecule is CCOC(=O)CC[C@@H](COc1cccc(C(=N)N)c1)NC(=O)c1ccc(C(=N)N)cc1.O=C(O)C(F)(F)F.O=C(O)C(F)(F)F. The normalized spacial score (nSPS) is 11.3. The zero-order chi connectivity index (χ0) is 35.0. The molecule has 1 amide bonds. The second-order valence-corrected chi connectivity index (χ2v) is 8.36. The molecule has 0 saturated carbocycles. The fraction of sp³-hybridized carbons (Fsp3) is 0.308. The Balaban J connectivity index is 0.00000114. The van der Waals surface area contributed by atoms with Crippen LogP contribution in [0.25, 0.3) is 0 Å². The second kappa shape index (κ2) is 18.3. The Morgan fingerprint density at radius 3 is 1.73 bits per heavy atom. The van der Waals surface area contributed by atoms with Crippen molar-refractivity contribution >= 4 is 35.5 Å². The van der Waals surface area contributed by atoms with Gasteiger partial charge in [0.1, 0.15) is 24.0 Å². The van der Waals surface area contributed by atoms with Crippen molar-refractivity contribution in [2.24, 2.45) is 11.5 Å². The third kappa shape index (κ3) is 16.8. The van der Waals surface area contributed by atoms with Crippen molar-refractivity contribution in [3.63, 3.8) is 0 Å². The molecule has 0 saturated heterocycles. The summed E-state index contributed by atoms with van der Waals surface area (Å²) in [5, 5.41) is 32.1. The molecule has 0 aliphatic carbocycles. The van der Waals surface area contributed by atoms with Crippen molar-refractivity contribution in [2.45, 2.75) is 38.2 Å². The molecule has 0 bridgehead atoms. The Morgan fingerprint density at radius 1 is 0.844 bits per heavy atom. The molecular weight excluding hydrogens is 624 g/mol. The number of nitrogens with two attached hydrogens (primary N) is 2. The molecule has 0 spiro atoms. The Kier molecular flexibility index (Phi) is 16.2. The van der Waals surface area contributed by atoms with E-state index in [1.807, 2.05) is 0 Å². The fourth-order valence-electron chi connectivity index (χ4n) is 2.74. The van der Waals surface area contributed by atoms with E-state index in [-0.39, 0.29) is 43.2 Å². The summed E-state index contributed by atoms with van der Waals surface area (Å²) in [6.07, 6.45) is -9.72. The van der Waals surface area contributed by atoms with Gasteiger partial charge in [-0.25, -0.2) is 9.59 Å². The minimum Gasteiger partial charge on any atom is -0.491 e. The van der Waals surface area contributed by atoms with Gasteiger partial charge in [0.05, 0.1) is 12.6 Å². The molecule has 13 nitrogen and oxygen atoms in total. The van der Waals surface area contributed by atoms with E-state index in [1.54, 1.807) is 55.5 Å². The quantitative estimate of drug-likeness (QED) is 0.0809. The summed E-state index contributed by atoms with van der Waals surface area (Å²) in [6, 6.07) is 12.6. The highest BCUT2D eigenvalue weighted by molar-refractivity contribution is 5.98. The number of hydrogen-bond donors (Lipinski definition) is 7. The van der Waals surface area contributed by atoms with E-state index in [4.69, 9.17) is 51.6 Å². The Labute approximate surface area is 251 Å². The number of hydrogen-bond acceptors (Lipinski definition) is 8. The van der Waals surface area contributed by atoms with E-state index in [0.29, 0.717) is 28.9 Å². The lowest BCUT2D eigenvalue weighted by atomic mass is 10.1. The highest BCUT2D eigenvalue weighted by Crippen LogP contribution is 2.15. The predicted molar refractivity (Wildman–Crippen MR) is 145 cm³/mol. The van der Waals surface area contributed by atoms with Crippen LogP contribution in [-0.4, -0.2) is 77.3 Å². The van der Waals surface area contributed by atoms with Crippen LogP contribution in [-0.2, 0) is 19.1 Å². The number of nitrogen functional groups attached to an aromatic ring is 2. The number of nitrogens with one attached hydrogen (secondary N) is 3. The van der Waals surface area contributed by atoms with Gasteiger partial charge in [-0.05, 0) is 37.6 Å². The number of carboxylic acids is 2. The number of aliphatic carboxylic acids is 2. The summed E-state index contributed by atoms with van der Waals surface area (Å²) >= 11 is 0. The highest BCUT2D eigenvalue weighted by atomic mass is 19.4. The topological polar surface area (TPSA) is 239 Å². The van der Waals surface area contributed by atoms with Crippen molar-refractivity contribution in [3.05, 3.63) is 65.2 Å². The smallest absolute Gasteiger partial charge is 0.490 e. The number of rotatable bonds is 11. The van der Waals surface area contributed by atoms with E-state index in [1.165, 1.54) is 0 Å². The van der Waals surface area contributed by atoms with Crippen LogP contribution in [0.3, 0.4) is 0 Å². The van der Waals surface area contributed by atoms with Crippen molar-refractivity contribution in [2.75, 3.05) is 13.2 Å². The lowest BCUT2D eigenvalue weighted by molar-refractivity contribution is -0.193. The van der Waals surface area contributed by atoms with Crippen LogP contribution >= 0.6 is 0 Å². The minimum absolute atomic E-state index is 0.0772. The molecule has 1 atom stereocenters. The number of amidine groups is 2. The summed E-state index contributed by atoms with van der Waals surface area (Å²) in [5.74, 6) is -5.88. The Bertz CT molecular complexity index is 1310. The first kappa shape index (κ1) is 39.6. The maximum absolute atomic E-state index is 12.6. The van der Waals surface area contributed by atoms with Crippen LogP contribution in [0.1, 0.15) is 41.3 Å². The average molecular weight is 654 g/mol. The van der Waals surface area contributed by atoms with Gasteiger partial charge in [-0.15, -0.1) is 0 Å². The number of halogens is 6. The maximum atomic E-state index is 12.6. The van der Waals surface area contributed by atoms with Gasteiger partial charge >= 0.3 is 30.3 Å². The van der Waals surface area contributed by atoms with Crippen molar-refractivity contribution in [1.29, 1.82) is 10.8 Å².